The van der Waals surface area contributed by atoms with E-state index < -0.39 is 5.97 Å². The third-order valence-electron chi connectivity index (χ3n) is 3.03. The van der Waals surface area contributed by atoms with E-state index in [2.05, 4.69) is 5.32 Å². The average molecular weight is 300 g/mol. The molecule has 0 aromatic heterocycles. The highest BCUT2D eigenvalue weighted by Gasteiger charge is 2.13. The summed E-state index contributed by atoms with van der Waals surface area (Å²) < 4.78 is 10.2. The molecular formula is C16H14NO5-. The zero-order chi connectivity index (χ0) is 16.1. The number of carbonyl (C=O) groups excluding carboxylic acids is 2. The highest BCUT2D eigenvalue weighted by atomic mass is 16.5. The van der Waals surface area contributed by atoms with Gasteiger partial charge < -0.3 is 24.7 Å². The van der Waals surface area contributed by atoms with Crippen molar-refractivity contribution in [1.82, 2.24) is 0 Å². The van der Waals surface area contributed by atoms with Crippen LogP contribution in [0.4, 0.5) is 5.69 Å². The number of hydrogen-bond donors (Lipinski definition) is 1. The number of anilines is 1. The van der Waals surface area contributed by atoms with Gasteiger partial charge in [-0.05, 0) is 29.8 Å². The van der Waals surface area contributed by atoms with Gasteiger partial charge in [-0.25, -0.2) is 0 Å². The first-order chi connectivity index (χ1) is 10.5. The van der Waals surface area contributed by atoms with Crippen LogP contribution >= 0.6 is 0 Å². The third-order valence-corrected chi connectivity index (χ3v) is 3.03. The molecule has 0 radical (unpaired) electrons. The minimum absolute atomic E-state index is 0.0417. The number of hydrogen-bond acceptors (Lipinski definition) is 5. The van der Waals surface area contributed by atoms with Crippen molar-refractivity contribution < 1.29 is 24.2 Å². The molecule has 0 saturated heterocycles. The van der Waals surface area contributed by atoms with Gasteiger partial charge in [-0.3, -0.25) is 4.79 Å². The van der Waals surface area contributed by atoms with Crippen LogP contribution in [0.2, 0.25) is 0 Å². The first-order valence-electron chi connectivity index (χ1n) is 6.40. The molecule has 2 aromatic rings. The Balaban J connectivity index is 2.20. The van der Waals surface area contributed by atoms with Gasteiger partial charge >= 0.3 is 0 Å². The first kappa shape index (κ1) is 15.4. The maximum atomic E-state index is 12.3. The van der Waals surface area contributed by atoms with Crippen LogP contribution in [0.1, 0.15) is 20.7 Å². The topological polar surface area (TPSA) is 87.7 Å². The molecule has 0 fully saturated rings. The fourth-order valence-electron chi connectivity index (χ4n) is 1.87. The molecule has 0 atom stereocenters. The average Bonchev–Trinajstić information content (AvgIpc) is 2.54. The molecule has 0 aliphatic rings. The minimum atomic E-state index is -1.27. The molecule has 0 spiro atoms. The Hall–Kier alpha value is -3.02. The SMILES string of the molecule is COc1ccc(C(=O)Nc2ccc(C(=O)[O-])cc2)c(OC)c1. The van der Waals surface area contributed by atoms with E-state index in [1.807, 2.05) is 0 Å². The number of benzene rings is 2. The van der Waals surface area contributed by atoms with Crippen molar-refractivity contribution in [2.45, 2.75) is 0 Å². The predicted molar refractivity (Wildman–Crippen MR) is 78.3 cm³/mol. The standard InChI is InChI=1S/C16H15NO5/c1-21-12-7-8-13(14(9-12)22-2)15(18)17-11-5-3-10(4-6-11)16(19)20/h3-9H,1-2H3,(H,17,18)(H,19,20)/p-1. The van der Waals surface area contributed by atoms with E-state index in [0.717, 1.165) is 0 Å². The van der Waals surface area contributed by atoms with E-state index in [1.165, 1.54) is 38.5 Å². The zero-order valence-electron chi connectivity index (χ0n) is 12.1. The Morgan fingerprint density at radius 2 is 1.68 bits per heavy atom. The highest BCUT2D eigenvalue weighted by Crippen LogP contribution is 2.25. The van der Waals surface area contributed by atoms with E-state index in [1.54, 1.807) is 18.2 Å². The Morgan fingerprint density at radius 3 is 2.23 bits per heavy atom. The molecule has 0 heterocycles. The number of carboxylic acids is 1. The number of amides is 1. The summed E-state index contributed by atoms with van der Waals surface area (Å²) >= 11 is 0. The maximum Gasteiger partial charge on any atom is 0.259 e. The van der Waals surface area contributed by atoms with Gasteiger partial charge in [0, 0.05) is 11.8 Å². The van der Waals surface area contributed by atoms with E-state index in [-0.39, 0.29) is 11.5 Å². The molecular weight excluding hydrogens is 286 g/mol. The van der Waals surface area contributed by atoms with Gasteiger partial charge in [0.15, 0.2) is 0 Å². The summed E-state index contributed by atoms with van der Waals surface area (Å²) in [5.74, 6) is -0.690. The van der Waals surface area contributed by atoms with Crippen molar-refractivity contribution in [3.63, 3.8) is 0 Å². The normalized spacial score (nSPS) is 9.91. The van der Waals surface area contributed by atoms with E-state index in [9.17, 15) is 14.7 Å². The number of ether oxygens (including phenoxy) is 2. The third kappa shape index (κ3) is 3.35. The number of methoxy groups -OCH3 is 2. The van der Waals surface area contributed by atoms with Crippen LogP contribution in [0.5, 0.6) is 11.5 Å². The van der Waals surface area contributed by atoms with Gasteiger partial charge in [0.2, 0.25) is 0 Å². The van der Waals surface area contributed by atoms with Crippen LogP contribution in [0.3, 0.4) is 0 Å². The van der Waals surface area contributed by atoms with Crippen molar-refractivity contribution in [2.75, 3.05) is 19.5 Å². The lowest BCUT2D eigenvalue weighted by molar-refractivity contribution is -0.255. The zero-order valence-corrected chi connectivity index (χ0v) is 12.1. The van der Waals surface area contributed by atoms with Gasteiger partial charge in [0.25, 0.3) is 5.91 Å². The van der Waals surface area contributed by atoms with Gasteiger partial charge in [-0.15, -0.1) is 0 Å². The molecule has 0 saturated carbocycles. The fraction of sp³-hybridized carbons (Fsp3) is 0.125. The molecule has 2 aromatic carbocycles. The fourth-order valence-corrected chi connectivity index (χ4v) is 1.87. The molecule has 0 unspecified atom stereocenters. The van der Waals surface area contributed by atoms with Gasteiger partial charge in [0.1, 0.15) is 11.5 Å². The van der Waals surface area contributed by atoms with Crippen molar-refractivity contribution in [3.05, 3.63) is 53.6 Å². The quantitative estimate of drug-likeness (QED) is 0.899. The number of carboxylic acid groups (broad SMARTS) is 1. The second kappa shape index (κ2) is 6.62. The Labute approximate surface area is 127 Å². The molecule has 22 heavy (non-hydrogen) atoms. The smallest absolute Gasteiger partial charge is 0.259 e. The maximum absolute atomic E-state index is 12.3. The van der Waals surface area contributed by atoms with Crippen LogP contribution < -0.4 is 19.9 Å². The number of carbonyl (C=O) groups is 2. The molecule has 1 amide bonds. The summed E-state index contributed by atoms with van der Waals surface area (Å²) in [5.41, 5.74) is 0.847. The molecule has 6 heteroatoms. The lowest BCUT2D eigenvalue weighted by atomic mass is 10.1. The van der Waals surface area contributed by atoms with Crippen molar-refractivity contribution in [2.24, 2.45) is 0 Å². The molecule has 1 N–H and O–H groups in total. The summed E-state index contributed by atoms with van der Waals surface area (Å²) in [6, 6.07) is 10.5. The summed E-state index contributed by atoms with van der Waals surface area (Å²) in [7, 11) is 2.98. The van der Waals surface area contributed by atoms with Crippen molar-refractivity contribution in [1.29, 1.82) is 0 Å². The monoisotopic (exact) mass is 300 g/mol. The molecule has 114 valence electrons. The Kier molecular flexibility index (Phi) is 4.63. The van der Waals surface area contributed by atoms with Gasteiger partial charge in [-0.2, -0.15) is 0 Å². The van der Waals surface area contributed by atoms with E-state index >= 15 is 0 Å². The van der Waals surface area contributed by atoms with Gasteiger partial charge in [0.05, 0.1) is 25.8 Å². The Bertz CT molecular complexity index is 694. The summed E-state index contributed by atoms with van der Waals surface area (Å²) in [4.78, 5) is 22.9. The van der Waals surface area contributed by atoms with E-state index in [4.69, 9.17) is 9.47 Å². The highest BCUT2D eigenvalue weighted by molar-refractivity contribution is 6.06. The van der Waals surface area contributed by atoms with Gasteiger partial charge in [-0.1, -0.05) is 12.1 Å². The van der Waals surface area contributed by atoms with Crippen LogP contribution in [-0.4, -0.2) is 26.1 Å². The molecule has 6 nitrogen and oxygen atoms in total. The van der Waals surface area contributed by atoms with Crippen LogP contribution in [0.25, 0.3) is 0 Å². The number of aromatic carboxylic acids is 1. The van der Waals surface area contributed by atoms with Crippen LogP contribution in [0, 0.1) is 0 Å². The van der Waals surface area contributed by atoms with E-state index in [0.29, 0.717) is 22.7 Å². The second-order valence-electron chi connectivity index (χ2n) is 4.39. The lowest BCUT2D eigenvalue weighted by Crippen LogP contribution is -2.22. The number of nitrogens with one attached hydrogen (secondary N) is 1. The predicted octanol–water partition coefficient (Wildman–Crippen LogP) is 1.32. The molecule has 0 bridgehead atoms. The van der Waals surface area contributed by atoms with Crippen LogP contribution in [0.15, 0.2) is 42.5 Å². The molecule has 0 aliphatic carbocycles. The first-order valence-corrected chi connectivity index (χ1v) is 6.40. The minimum Gasteiger partial charge on any atom is -0.545 e. The van der Waals surface area contributed by atoms with Crippen molar-refractivity contribution >= 4 is 17.6 Å². The summed E-state index contributed by atoms with van der Waals surface area (Å²) in [5, 5.41) is 13.3. The largest absolute Gasteiger partial charge is 0.545 e. The lowest BCUT2D eigenvalue weighted by Gasteiger charge is -2.11. The second-order valence-corrected chi connectivity index (χ2v) is 4.39. The summed E-state index contributed by atoms with van der Waals surface area (Å²) in [6.45, 7) is 0. The number of rotatable bonds is 5. The summed E-state index contributed by atoms with van der Waals surface area (Å²) in [6.07, 6.45) is 0. The van der Waals surface area contributed by atoms with Crippen LogP contribution in [-0.2, 0) is 0 Å². The Morgan fingerprint density at radius 1 is 1.00 bits per heavy atom. The molecule has 2 rings (SSSR count). The molecule has 0 aliphatic heterocycles. The van der Waals surface area contributed by atoms with Crippen molar-refractivity contribution in [3.8, 4) is 11.5 Å².